The van der Waals surface area contributed by atoms with Crippen LogP contribution in [0, 0.1) is 0 Å². The molecular formula is C19H18N2O4. The van der Waals surface area contributed by atoms with Crippen LogP contribution in [0.1, 0.15) is 12.8 Å². The summed E-state index contributed by atoms with van der Waals surface area (Å²) in [4.78, 5) is 34.7. The van der Waals surface area contributed by atoms with Crippen molar-refractivity contribution in [1.29, 1.82) is 0 Å². The average molecular weight is 338 g/mol. The van der Waals surface area contributed by atoms with Gasteiger partial charge >= 0.3 is 5.97 Å². The molecule has 0 bridgehead atoms. The van der Waals surface area contributed by atoms with Crippen LogP contribution in [0.25, 0.3) is 11.1 Å². The molecule has 128 valence electrons. The highest BCUT2D eigenvalue weighted by Gasteiger charge is 2.28. The highest BCUT2D eigenvalue weighted by molar-refractivity contribution is 5.94. The number of carbonyl (C=O) groups excluding carboxylic acids is 3. The third-order valence-corrected chi connectivity index (χ3v) is 3.90. The van der Waals surface area contributed by atoms with Crippen LogP contribution in [0.4, 0.5) is 5.69 Å². The quantitative estimate of drug-likeness (QED) is 0.818. The molecule has 6 nitrogen and oxygen atoms in total. The van der Waals surface area contributed by atoms with Crippen molar-refractivity contribution < 1.29 is 19.1 Å². The molecule has 0 aliphatic carbocycles. The Bertz CT molecular complexity index is 772. The first kappa shape index (κ1) is 16.7. The number of ether oxygens (including phenoxy) is 1. The van der Waals surface area contributed by atoms with Crippen LogP contribution in [0.5, 0.6) is 0 Å². The molecule has 2 aromatic carbocycles. The molecule has 2 amide bonds. The van der Waals surface area contributed by atoms with E-state index in [1.54, 1.807) is 12.1 Å². The van der Waals surface area contributed by atoms with Gasteiger partial charge in [0, 0.05) is 12.1 Å². The first-order chi connectivity index (χ1) is 12.1. The first-order valence-electron chi connectivity index (χ1n) is 8.03. The maximum absolute atomic E-state index is 11.9. The molecule has 1 fully saturated rings. The summed E-state index contributed by atoms with van der Waals surface area (Å²) in [6.45, 7) is -0.383. The number of nitrogens with one attached hydrogen (secondary N) is 2. The second-order valence-electron chi connectivity index (χ2n) is 5.76. The van der Waals surface area contributed by atoms with Gasteiger partial charge in [-0.3, -0.25) is 9.59 Å². The highest BCUT2D eigenvalue weighted by atomic mass is 16.5. The molecule has 25 heavy (non-hydrogen) atoms. The zero-order valence-corrected chi connectivity index (χ0v) is 13.5. The Balaban J connectivity index is 1.49. The van der Waals surface area contributed by atoms with Gasteiger partial charge in [-0.15, -0.1) is 0 Å². The fourth-order valence-corrected chi connectivity index (χ4v) is 2.60. The van der Waals surface area contributed by atoms with Gasteiger partial charge in [-0.1, -0.05) is 42.5 Å². The van der Waals surface area contributed by atoms with E-state index >= 15 is 0 Å². The van der Waals surface area contributed by atoms with Gasteiger partial charge in [0.05, 0.1) is 0 Å². The van der Waals surface area contributed by atoms with E-state index in [2.05, 4.69) is 10.6 Å². The number of rotatable bonds is 5. The predicted octanol–water partition coefficient (Wildman–Crippen LogP) is 2.11. The minimum absolute atomic E-state index is 0.176. The Labute approximate surface area is 145 Å². The lowest BCUT2D eigenvalue weighted by Gasteiger charge is -2.10. The maximum atomic E-state index is 11.9. The summed E-state index contributed by atoms with van der Waals surface area (Å²) in [6, 6.07) is 16.7. The fraction of sp³-hybridized carbons (Fsp3) is 0.211. The molecule has 0 radical (unpaired) electrons. The lowest BCUT2D eigenvalue weighted by atomic mass is 10.1. The van der Waals surface area contributed by atoms with E-state index in [1.165, 1.54) is 0 Å². The van der Waals surface area contributed by atoms with Gasteiger partial charge in [-0.05, 0) is 29.7 Å². The van der Waals surface area contributed by atoms with Crippen LogP contribution in [-0.4, -0.2) is 30.4 Å². The van der Waals surface area contributed by atoms with E-state index in [-0.39, 0.29) is 12.5 Å². The molecule has 0 aromatic heterocycles. The summed E-state index contributed by atoms with van der Waals surface area (Å²) < 4.78 is 4.94. The predicted molar refractivity (Wildman–Crippen MR) is 92.6 cm³/mol. The minimum atomic E-state index is -0.648. The van der Waals surface area contributed by atoms with Gasteiger partial charge < -0.3 is 15.4 Å². The number of hydrogen-bond donors (Lipinski definition) is 2. The lowest BCUT2D eigenvalue weighted by Crippen LogP contribution is -2.36. The molecule has 3 rings (SSSR count). The monoisotopic (exact) mass is 338 g/mol. The smallest absolute Gasteiger partial charge is 0.329 e. The second-order valence-corrected chi connectivity index (χ2v) is 5.76. The van der Waals surface area contributed by atoms with Crippen molar-refractivity contribution in [1.82, 2.24) is 5.32 Å². The largest absolute Gasteiger partial charge is 0.454 e. The molecule has 1 aliphatic heterocycles. The Kier molecular flexibility index (Phi) is 5.09. The van der Waals surface area contributed by atoms with E-state index < -0.39 is 17.9 Å². The van der Waals surface area contributed by atoms with Crippen LogP contribution in [-0.2, 0) is 19.1 Å². The SMILES string of the molecule is O=C(COC(=O)[C@@H]1CCC(=O)N1)Nc1ccc(-c2ccccc2)cc1. The maximum Gasteiger partial charge on any atom is 0.329 e. The summed E-state index contributed by atoms with van der Waals surface area (Å²) in [7, 11) is 0. The molecule has 1 saturated heterocycles. The van der Waals surface area contributed by atoms with Crippen molar-refractivity contribution in [2.75, 3.05) is 11.9 Å². The van der Waals surface area contributed by atoms with E-state index in [1.807, 2.05) is 42.5 Å². The standard InChI is InChI=1S/C19H18N2O4/c22-17-11-10-16(21-17)19(24)25-12-18(23)20-15-8-6-14(7-9-15)13-4-2-1-3-5-13/h1-9,16H,10-12H2,(H,20,23)(H,21,22)/t16-/m0/s1. The zero-order valence-electron chi connectivity index (χ0n) is 13.5. The summed E-state index contributed by atoms with van der Waals surface area (Å²) in [5.41, 5.74) is 2.75. The van der Waals surface area contributed by atoms with Crippen LogP contribution >= 0.6 is 0 Å². The third kappa shape index (κ3) is 4.44. The van der Waals surface area contributed by atoms with Gasteiger partial charge in [-0.2, -0.15) is 0 Å². The van der Waals surface area contributed by atoms with Gasteiger partial charge in [0.15, 0.2) is 6.61 Å². The molecule has 2 N–H and O–H groups in total. The van der Waals surface area contributed by atoms with Crippen LogP contribution in [0.2, 0.25) is 0 Å². The Morgan fingerprint density at radius 1 is 1.04 bits per heavy atom. The van der Waals surface area contributed by atoms with Gasteiger partial charge in [0.2, 0.25) is 5.91 Å². The molecule has 1 heterocycles. The first-order valence-corrected chi connectivity index (χ1v) is 8.03. The van der Waals surface area contributed by atoms with Crippen LogP contribution < -0.4 is 10.6 Å². The molecule has 1 aliphatic rings. The third-order valence-electron chi connectivity index (χ3n) is 3.90. The number of amides is 2. The molecular weight excluding hydrogens is 320 g/mol. The second kappa shape index (κ2) is 7.61. The molecule has 2 aromatic rings. The number of hydrogen-bond acceptors (Lipinski definition) is 4. The van der Waals surface area contributed by atoms with Crippen molar-refractivity contribution in [3.63, 3.8) is 0 Å². The Morgan fingerprint density at radius 3 is 2.36 bits per heavy atom. The van der Waals surface area contributed by atoms with E-state index in [9.17, 15) is 14.4 Å². The van der Waals surface area contributed by atoms with E-state index in [0.717, 1.165) is 11.1 Å². The molecule has 6 heteroatoms. The summed E-state index contributed by atoms with van der Waals surface area (Å²) in [5, 5.41) is 5.18. The fourth-order valence-electron chi connectivity index (χ4n) is 2.60. The van der Waals surface area contributed by atoms with Crippen LogP contribution in [0.3, 0.4) is 0 Å². The lowest BCUT2D eigenvalue weighted by molar-refractivity contribution is -0.149. The highest BCUT2D eigenvalue weighted by Crippen LogP contribution is 2.20. The van der Waals surface area contributed by atoms with Crippen molar-refractivity contribution in [3.05, 3.63) is 54.6 Å². The van der Waals surface area contributed by atoms with E-state index in [0.29, 0.717) is 18.5 Å². The summed E-state index contributed by atoms with van der Waals surface area (Å²) in [6.07, 6.45) is 0.708. The van der Waals surface area contributed by atoms with Crippen molar-refractivity contribution in [3.8, 4) is 11.1 Å². The van der Waals surface area contributed by atoms with Crippen LogP contribution in [0.15, 0.2) is 54.6 Å². The average Bonchev–Trinajstić information content (AvgIpc) is 3.08. The summed E-state index contributed by atoms with van der Waals surface area (Å²) in [5.74, 6) is -1.18. The van der Waals surface area contributed by atoms with Crippen molar-refractivity contribution >= 4 is 23.5 Å². The van der Waals surface area contributed by atoms with Gasteiger partial charge in [0.1, 0.15) is 6.04 Å². The van der Waals surface area contributed by atoms with Crippen molar-refractivity contribution in [2.45, 2.75) is 18.9 Å². The molecule has 0 spiro atoms. The van der Waals surface area contributed by atoms with Crippen molar-refractivity contribution in [2.24, 2.45) is 0 Å². The summed E-state index contributed by atoms with van der Waals surface area (Å²) >= 11 is 0. The topological polar surface area (TPSA) is 84.5 Å². The Hall–Kier alpha value is -3.15. The molecule has 1 atom stereocenters. The Morgan fingerprint density at radius 2 is 1.72 bits per heavy atom. The minimum Gasteiger partial charge on any atom is -0.454 e. The number of anilines is 1. The van der Waals surface area contributed by atoms with E-state index in [4.69, 9.17) is 4.74 Å². The van der Waals surface area contributed by atoms with Gasteiger partial charge in [-0.25, -0.2) is 4.79 Å². The number of carbonyl (C=O) groups is 3. The number of benzene rings is 2. The molecule has 0 unspecified atom stereocenters. The number of esters is 1. The molecule has 0 saturated carbocycles. The zero-order chi connectivity index (χ0) is 17.6. The normalized spacial score (nSPS) is 16.2. The van der Waals surface area contributed by atoms with Gasteiger partial charge in [0.25, 0.3) is 5.91 Å².